The lowest BCUT2D eigenvalue weighted by atomic mass is 9.91. The summed E-state index contributed by atoms with van der Waals surface area (Å²) >= 11 is 2.36. The zero-order valence-electron chi connectivity index (χ0n) is 11.7. The van der Waals surface area contributed by atoms with Gasteiger partial charge in [-0.05, 0) is 37.5 Å². The lowest BCUT2D eigenvalue weighted by Gasteiger charge is -2.36. The van der Waals surface area contributed by atoms with Crippen LogP contribution in [0.3, 0.4) is 0 Å². The lowest BCUT2D eigenvalue weighted by molar-refractivity contribution is 0.0701. The van der Waals surface area contributed by atoms with Crippen LogP contribution in [-0.2, 0) is 14.6 Å². The van der Waals surface area contributed by atoms with Gasteiger partial charge in [-0.25, -0.2) is 4.79 Å². The van der Waals surface area contributed by atoms with Crippen molar-refractivity contribution in [2.45, 2.75) is 34.8 Å². The molecule has 3 rings (SSSR count). The molecule has 0 amide bonds. The summed E-state index contributed by atoms with van der Waals surface area (Å²) in [5.74, 6) is -1.05. The highest BCUT2D eigenvalue weighted by Crippen LogP contribution is 2.52. The van der Waals surface area contributed by atoms with Gasteiger partial charge in [0.25, 0.3) is 0 Å². The van der Waals surface area contributed by atoms with Crippen LogP contribution in [0.2, 0.25) is 0 Å². The number of fused-ring (bicyclic) bond motifs is 2. The highest BCUT2D eigenvalue weighted by Gasteiger charge is 2.45. The van der Waals surface area contributed by atoms with Crippen LogP contribution in [-0.4, -0.2) is 33.2 Å². The summed E-state index contributed by atoms with van der Waals surface area (Å²) in [6.07, 6.45) is 5.12. The number of carboxylic acid groups (broad SMARTS) is 1. The van der Waals surface area contributed by atoms with Crippen molar-refractivity contribution in [2.24, 2.45) is 0 Å². The molecule has 2 aliphatic rings. The van der Waals surface area contributed by atoms with Crippen molar-refractivity contribution in [1.82, 2.24) is 4.31 Å². The zero-order chi connectivity index (χ0) is 15.4. The van der Waals surface area contributed by atoms with Crippen LogP contribution in [0.4, 0.5) is 0 Å². The summed E-state index contributed by atoms with van der Waals surface area (Å²) in [6.45, 7) is 0. The molecule has 0 bridgehead atoms. The minimum Gasteiger partial charge on any atom is -0.588 e. The summed E-state index contributed by atoms with van der Waals surface area (Å²) in [5, 5.41) is 9.45. The maximum absolute atomic E-state index is 12.8. The largest absolute Gasteiger partial charge is 0.588 e. The summed E-state index contributed by atoms with van der Waals surface area (Å²) in [5.41, 5.74) is 2.12. The Morgan fingerprint density at radius 2 is 2.10 bits per heavy atom. The van der Waals surface area contributed by atoms with E-state index in [4.69, 9.17) is 0 Å². The van der Waals surface area contributed by atoms with Crippen LogP contribution in [0, 0.1) is 0 Å². The molecule has 0 aromatic carbocycles. The van der Waals surface area contributed by atoms with Gasteiger partial charge in [-0.3, -0.25) is 0 Å². The van der Waals surface area contributed by atoms with E-state index in [0.717, 1.165) is 41.9 Å². The number of thiophene rings is 1. The Labute approximate surface area is 132 Å². The fourth-order valence-electron chi connectivity index (χ4n) is 2.98. The predicted octanol–water partition coefficient (Wildman–Crippen LogP) is 3.30. The Hall–Kier alpha value is -0.830. The van der Waals surface area contributed by atoms with Gasteiger partial charge in [-0.15, -0.1) is 23.1 Å². The number of aromatic carboxylic acids is 1. The molecule has 0 radical (unpaired) electrons. The van der Waals surface area contributed by atoms with Crippen molar-refractivity contribution >= 4 is 45.0 Å². The normalized spacial score (nSPS) is 24.8. The molecule has 8 heteroatoms. The van der Waals surface area contributed by atoms with Crippen molar-refractivity contribution < 1.29 is 18.7 Å². The second kappa shape index (κ2) is 5.12. The van der Waals surface area contributed by atoms with Gasteiger partial charge in [0.1, 0.15) is 9.09 Å². The Bertz CT molecular complexity index is 707. The minimum absolute atomic E-state index is 0.153. The van der Waals surface area contributed by atoms with E-state index in [1.54, 1.807) is 13.3 Å². The molecule has 1 aliphatic carbocycles. The van der Waals surface area contributed by atoms with E-state index in [9.17, 15) is 18.7 Å². The minimum atomic E-state index is -3.64. The molecule has 0 saturated carbocycles. The number of carbonyl (C=O) groups is 1. The van der Waals surface area contributed by atoms with Gasteiger partial charge in [0.05, 0.1) is 18.3 Å². The van der Waals surface area contributed by atoms with Gasteiger partial charge < -0.3 is 9.66 Å². The van der Waals surface area contributed by atoms with E-state index >= 15 is 0 Å². The second-order valence-electron chi connectivity index (χ2n) is 5.04. The van der Waals surface area contributed by atoms with Gasteiger partial charge in [0.2, 0.25) is 4.90 Å². The molecule has 0 spiro atoms. The molecule has 1 unspecified atom stereocenters. The molecule has 0 fully saturated rings. The van der Waals surface area contributed by atoms with E-state index in [0.29, 0.717) is 16.2 Å². The SMILES string of the molecule is CSc1sc(C(=O)O)c2c1[S+](=O)([O-])N(C)C1=C2CCCC1. The van der Waals surface area contributed by atoms with Crippen molar-refractivity contribution in [3.63, 3.8) is 0 Å². The molecule has 1 atom stereocenters. The quantitative estimate of drug-likeness (QED) is 0.657. The summed E-state index contributed by atoms with van der Waals surface area (Å²) in [4.78, 5) is 11.9. The van der Waals surface area contributed by atoms with Crippen LogP contribution in [0.25, 0.3) is 5.57 Å². The Morgan fingerprint density at radius 3 is 2.71 bits per heavy atom. The third-order valence-electron chi connectivity index (χ3n) is 3.95. The second-order valence-corrected chi connectivity index (χ2v) is 9.04. The first kappa shape index (κ1) is 15.1. The lowest BCUT2D eigenvalue weighted by Crippen LogP contribution is -2.37. The molecule has 0 saturated heterocycles. The molecular formula is C13H15NO4S3. The van der Waals surface area contributed by atoms with Gasteiger partial charge in [-0.1, -0.05) is 4.21 Å². The standard InChI is InChI=1S/C13H15NO4S3/c1-14-8-6-4-3-5-7(8)9-10(12(15)16)20-13(19-2)11(9)21(14,17)18/h3-6H2,1-2H3,(H-,15,16,17,18). The monoisotopic (exact) mass is 345 g/mol. The first-order chi connectivity index (χ1) is 9.89. The van der Waals surface area contributed by atoms with Crippen molar-refractivity contribution in [3.8, 4) is 0 Å². The van der Waals surface area contributed by atoms with Crippen LogP contribution >= 0.6 is 23.1 Å². The highest BCUT2D eigenvalue weighted by molar-refractivity contribution is 8.02. The fraction of sp³-hybridized carbons (Fsp3) is 0.462. The molecule has 5 nitrogen and oxygen atoms in total. The summed E-state index contributed by atoms with van der Waals surface area (Å²) in [6, 6.07) is 0. The third-order valence-corrected chi connectivity index (χ3v) is 8.37. The van der Waals surface area contributed by atoms with Crippen molar-refractivity contribution in [3.05, 3.63) is 16.1 Å². The Balaban J connectivity index is 2.39. The van der Waals surface area contributed by atoms with Gasteiger partial charge in [0, 0.05) is 0 Å². The van der Waals surface area contributed by atoms with Crippen LogP contribution in [0.1, 0.15) is 40.9 Å². The fourth-order valence-corrected chi connectivity index (χ4v) is 7.17. The predicted molar refractivity (Wildman–Crippen MR) is 83.3 cm³/mol. The molecule has 1 N–H and O–H groups in total. The topological polar surface area (TPSA) is 80.7 Å². The Morgan fingerprint density at radius 1 is 1.43 bits per heavy atom. The van der Waals surface area contributed by atoms with Gasteiger partial charge in [-0.2, -0.15) is 4.31 Å². The Kier molecular flexibility index (Phi) is 3.67. The van der Waals surface area contributed by atoms with E-state index in [1.165, 1.54) is 16.1 Å². The first-order valence-electron chi connectivity index (χ1n) is 6.55. The number of carboxylic acids is 1. The van der Waals surface area contributed by atoms with Crippen LogP contribution in [0.5, 0.6) is 0 Å². The van der Waals surface area contributed by atoms with E-state index in [2.05, 4.69) is 0 Å². The number of nitrogens with zero attached hydrogens (tertiary/aromatic N) is 1. The highest BCUT2D eigenvalue weighted by atomic mass is 32.3. The molecule has 1 aromatic heterocycles. The number of rotatable bonds is 2. The average molecular weight is 345 g/mol. The summed E-state index contributed by atoms with van der Waals surface area (Å²) < 4.78 is 27.4. The zero-order valence-corrected chi connectivity index (χ0v) is 14.1. The number of hydrogen-bond donors (Lipinski definition) is 1. The summed E-state index contributed by atoms with van der Waals surface area (Å²) in [7, 11) is -2.07. The maximum Gasteiger partial charge on any atom is 0.346 e. The number of thioether (sulfide) groups is 1. The molecule has 2 heterocycles. The van der Waals surface area contributed by atoms with E-state index < -0.39 is 16.4 Å². The molecule has 114 valence electrons. The van der Waals surface area contributed by atoms with Crippen LogP contribution in [0.15, 0.2) is 14.8 Å². The van der Waals surface area contributed by atoms with Crippen molar-refractivity contribution in [2.75, 3.05) is 13.3 Å². The molecule has 1 aromatic rings. The first-order valence-corrected chi connectivity index (χ1v) is 10.0. The smallest absolute Gasteiger partial charge is 0.346 e. The van der Waals surface area contributed by atoms with E-state index in [1.807, 2.05) is 0 Å². The number of allylic oxidation sites excluding steroid dienone is 2. The van der Waals surface area contributed by atoms with Crippen molar-refractivity contribution in [1.29, 1.82) is 0 Å². The molecular weight excluding hydrogens is 330 g/mol. The molecule has 21 heavy (non-hydrogen) atoms. The van der Waals surface area contributed by atoms with E-state index in [-0.39, 0.29) is 9.77 Å². The third kappa shape index (κ3) is 2.08. The van der Waals surface area contributed by atoms with Gasteiger partial charge >= 0.3 is 5.97 Å². The van der Waals surface area contributed by atoms with Gasteiger partial charge in [0.15, 0.2) is 10.4 Å². The number of hydrogen-bond acceptors (Lipinski definition) is 5. The molecule has 1 aliphatic heterocycles. The maximum atomic E-state index is 12.8. The van der Waals surface area contributed by atoms with Crippen LogP contribution < -0.4 is 0 Å². The number of sulfonamides is 1. The average Bonchev–Trinajstić information content (AvgIpc) is 2.86.